The van der Waals surface area contributed by atoms with Crippen molar-refractivity contribution in [3.8, 4) is 0 Å². The molecule has 0 aliphatic carbocycles. The summed E-state index contributed by atoms with van der Waals surface area (Å²) < 4.78 is 37.2. The van der Waals surface area contributed by atoms with E-state index in [4.69, 9.17) is 4.84 Å². The van der Waals surface area contributed by atoms with Crippen LogP contribution in [0.5, 0.6) is 0 Å². The van der Waals surface area contributed by atoms with Gasteiger partial charge in [0.25, 0.3) is 5.91 Å². The largest absolute Gasteiger partial charge is 0.451 e. The molecule has 1 aromatic heterocycles. The zero-order chi connectivity index (χ0) is 16.4. The van der Waals surface area contributed by atoms with Gasteiger partial charge in [-0.3, -0.25) is 15.2 Å². The summed E-state index contributed by atoms with van der Waals surface area (Å²) in [4.78, 5) is 20.1. The number of oxime groups is 1. The highest BCUT2D eigenvalue weighted by Crippen LogP contribution is 2.26. The summed E-state index contributed by atoms with van der Waals surface area (Å²) in [5, 5.41) is 11.0. The van der Waals surface area contributed by atoms with Gasteiger partial charge in [-0.1, -0.05) is 35.5 Å². The van der Waals surface area contributed by atoms with Gasteiger partial charge in [-0.15, -0.1) is 5.10 Å². The maximum absolute atomic E-state index is 12.4. The van der Waals surface area contributed by atoms with Gasteiger partial charge in [0.15, 0.2) is 0 Å². The number of alkyl halides is 3. The second-order valence-corrected chi connectivity index (χ2v) is 4.70. The maximum atomic E-state index is 12.4. The first-order chi connectivity index (χ1) is 10.9. The molecule has 23 heavy (non-hydrogen) atoms. The number of carbonyl (C=O) groups excluding carboxylic acids is 1. The standard InChI is InChI=1S/C13H10F3N5O2/c14-13(15,16)11-18-12(20-19-11)17-10(22)9-6-8(21-23-9)7-4-2-1-3-5-7/h1-5,9H,6H2,(H2,17,18,19,20,22)/t9-/m0/s1. The molecule has 7 nitrogen and oxygen atoms in total. The van der Waals surface area contributed by atoms with E-state index in [1.54, 1.807) is 5.10 Å². The molecule has 1 aliphatic heterocycles. The number of amides is 1. The molecule has 2 aromatic rings. The van der Waals surface area contributed by atoms with Crippen molar-refractivity contribution in [3.63, 3.8) is 0 Å². The average Bonchev–Trinajstić information content (AvgIpc) is 3.16. The van der Waals surface area contributed by atoms with Crippen LogP contribution in [0.3, 0.4) is 0 Å². The van der Waals surface area contributed by atoms with Crippen LogP contribution in [0.4, 0.5) is 19.1 Å². The van der Waals surface area contributed by atoms with E-state index >= 15 is 0 Å². The lowest BCUT2D eigenvalue weighted by molar-refractivity contribution is -0.144. The topological polar surface area (TPSA) is 92.3 Å². The minimum Gasteiger partial charge on any atom is -0.382 e. The predicted molar refractivity (Wildman–Crippen MR) is 72.5 cm³/mol. The van der Waals surface area contributed by atoms with Crippen LogP contribution in [-0.2, 0) is 15.8 Å². The number of H-pyrrole nitrogens is 1. The summed E-state index contributed by atoms with van der Waals surface area (Å²) in [6, 6.07) is 9.10. The molecule has 3 rings (SSSR count). The van der Waals surface area contributed by atoms with Crippen molar-refractivity contribution in [1.29, 1.82) is 0 Å². The number of nitrogens with zero attached hydrogens (tertiary/aromatic N) is 3. The number of halogens is 3. The first-order valence-corrected chi connectivity index (χ1v) is 6.52. The molecule has 10 heteroatoms. The fourth-order valence-electron chi connectivity index (χ4n) is 1.95. The zero-order valence-corrected chi connectivity index (χ0v) is 11.5. The highest BCUT2D eigenvalue weighted by Gasteiger charge is 2.36. The van der Waals surface area contributed by atoms with Gasteiger partial charge in [0.2, 0.25) is 17.9 Å². The molecular formula is C13H10F3N5O2. The van der Waals surface area contributed by atoms with Gasteiger partial charge in [-0.2, -0.15) is 18.2 Å². The molecule has 120 valence electrons. The van der Waals surface area contributed by atoms with Gasteiger partial charge in [0.05, 0.1) is 5.71 Å². The van der Waals surface area contributed by atoms with Crippen LogP contribution in [0.1, 0.15) is 17.8 Å². The van der Waals surface area contributed by atoms with Crippen LogP contribution < -0.4 is 5.32 Å². The van der Waals surface area contributed by atoms with Crippen LogP contribution in [0.2, 0.25) is 0 Å². The number of anilines is 1. The molecule has 2 heterocycles. The molecular weight excluding hydrogens is 315 g/mol. The van der Waals surface area contributed by atoms with E-state index in [1.165, 1.54) is 0 Å². The summed E-state index contributed by atoms with van der Waals surface area (Å²) in [6.07, 6.45) is -5.41. The maximum Gasteiger partial charge on any atom is 0.451 e. The second-order valence-electron chi connectivity index (χ2n) is 4.70. The highest BCUT2D eigenvalue weighted by atomic mass is 19.4. The first-order valence-electron chi connectivity index (χ1n) is 6.52. The van der Waals surface area contributed by atoms with E-state index < -0.39 is 30.0 Å². The fraction of sp³-hybridized carbons (Fsp3) is 0.231. The number of benzene rings is 1. The van der Waals surface area contributed by atoms with E-state index in [0.717, 1.165) is 5.56 Å². The lowest BCUT2D eigenvalue weighted by Crippen LogP contribution is -2.28. The van der Waals surface area contributed by atoms with E-state index in [0.29, 0.717) is 5.71 Å². The Kier molecular flexibility index (Phi) is 3.72. The Morgan fingerprint density at radius 1 is 1.30 bits per heavy atom. The Balaban J connectivity index is 1.61. The third-order valence-electron chi connectivity index (χ3n) is 3.06. The van der Waals surface area contributed by atoms with Gasteiger partial charge in [-0.05, 0) is 5.56 Å². The van der Waals surface area contributed by atoms with Crippen LogP contribution in [-0.4, -0.2) is 32.9 Å². The molecule has 1 atom stereocenters. The van der Waals surface area contributed by atoms with E-state index in [1.807, 2.05) is 30.3 Å². The van der Waals surface area contributed by atoms with Gasteiger partial charge in [0.1, 0.15) is 0 Å². The Morgan fingerprint density at radius 2 is 2.04 bits per heavy atom. The van der Waals surface area contributed by atoms with Crippen LogP contribution in [0, 0.1) is 0 Å². The third-order valence-corrected chi connectivity index (χ3v) is 3.06. The number of aromatic nitrogens is 3. The summed E-state index contributed by atoms with van der Waals surface area (Å²) in [5.41, 5.74) is 1.39. The average molecular weight is 325 g/mol. The van der Waals surface area contributed by atoms with E-state index in [9.17, 15) is 18.0 Å². The predicted octanol–water partition coefficient (Wildman–Crippen LogP) is 1.96. The number of hydrogen-bond donors (Lipinski definition) is 2. The molecule has 1 aromatic carbocycles. The fourth-order valence-corrected chi connectivity index (χ4v) is 1.95. The smallest absolute Gasteiger partial charge is 0.382 e. The normalized spacial score (nSPS) is 17.5. The Bertz CT molecular complexity index is 742. The lowest BCUT2D eigenvalue weighted by atomic mass is 10.1. The molecule has 1 amide bonds. The molecule has 0 unspecified atom stereocenters. The first kappa shape index (κ1) is 15.0. The Hall–Kier alpha value is -2.91. The number of rotatable bonds is 3. The quantitative estimate of drug-likeness (QED) is 0.902. The number of aromatic amines is 1. The molecule has 2 N–H and O–H groups in total. The summed E-state index contributed by atoms with van der Waals surface area (Å²) >= 11 is 0. The Morgan fingerprint density at radius 3 is 2.70 bits per heavy atom. The van der Waals surface area contributed by atoms with Gasteiger partial charge in [0, 0.05) is 6.42 Å². The summed E-state index contributed by atoms with van der Waals surface area (Å²) in [7, 11) is 0. The SMILES string of the molecule is O=C(Nc1n[nH]c(C(F)(F)F)n1)[C@@H]1CC(c2ccccc2)=NO1. The van der Waals surface area contributed by atoms with Crippen molar-refractivity contribution >= 4 is 17.6 Å². The second kappa shape index (κ2) is 5.71. The van der Waals surface area contributed by atoms with Crippen molar-refractivity contribution in [2.45, 2.75) is 18.7 Å². The minimum atomic E-state index is -4.66. The summed E-state index contributed by atoms with van der Waals surface area (Å²) in [5.74, 6) is -2.44. The third kappa shape index (κ3) is 3.30. The molecule has 0 fully saturated rings. The van der Waals surface area contributed by atoms with Crippen molar-refractivity contribution in [2.24, 2.45) is 5.16 Å². The van der Waals surface area contributed by atoms with Crippen molar-refractivity contribution < 1.29 is 22.8 Å². The van der Waals surface area contributed by atoms with Crippen molar-refractivity contribution in [3.05, 3.63) is 41.7 Å². The molecule has 0 saturated carbocycles. The van der Waals surface area contributed by atoms with Crippen LogP contribution in [0.25, 0.3) is 0 Å². The highest BCUT2D eigenvalue weighted by molar-refractivity contribution is 6.05. The lowest BCUT2D eigenvalue weighted by Gasteiger charge is -2.06. The molecule has 1 aliphatic rings. The van der Waals surface area contributed by atoms with Crippen molar-refractivity contribution in [1.82, 2.24) is 15.2 Å². The number of hydrogen-bond acceptors (Lipinski definition) is 5. The van der Waals surface area contributed by atoms with Crippen LogP contribution in [0.15, 0.2) is 35.5 Å². The molecule has 0 spiro atoms. The molecule has 0 bridgehead atoms. The van der Waals surface area contributed by atoms with E-state index in [2.05, 4.69) is 20.6 Å². The van der Waals surface area contributed by atoms with Crippen LogP contribution >= 0.6 is 0 Å². The van der Waals surface area contributed by atoms with Gasteiger partial charge < -0.3 is 4.84 Å². The monoisotopic (exact) mass is 325 g/mol. The van der Waals surface area contributed by atoms with Crippen molar-refractivity contribution in [2.75, 3.05) is 5.32 Å². The zero-order valence-electron chi connectivity index (χ0n) is 11.5. The number of nitrogens with one attached hydrogen (secondary N) is 2. The van der Waals surface area contributed by atoms with Gasteiger partial charge in [-0.25, -0.2) is 0 Å². The van der Waals surface area contributed by atoms with E-state index in [-0.39, 0.29) is 6.42 Å². The molecule has 0 saturated heterocycles. The minimum absolute atomic E-state index is 0.201. The Labute approximate surface area is 127 Å². The van der Waals surface area contributed by atoms with Gasteiger partial charge >= 0.3 is 6.18 Å². The summed E-state index contributed by atoms with van der Waals surface area (Å²) in [6.45, 7) is 0. The molecule has 0 radical (unpaired) electrons. The number of carbonyl (C=O) groups is 1.